The third-order valence-electron chi connectivity index (χ3n) is 7.07. The molecule has 0 unspecified atom stereocenters. The molecule has 12 nitrogen and oxygen atoms in total. The average Bonchev–Trinajstić information content (AvgIpc) is 3.04. The van der Waals surface area contributed by atoms with Gasteiger partial charge in [-0.2, -0.15) is 0 Å². The van der Waals surface area contributed by atoms with Crippen LogP contribution in [0.3, 0.4) is 0 Å². The van der Waals surface area contributed by atoms with Crippen molar-refractivity contribution in [2.75, 3.05) is 73.7 Å². The molecule has 4 rings (SSSR count). The zero-order chi connectivity index (χ0) is 31.5. The van der Waals surface area contributed by atoms with Gasteiger partial charge in [-0.1, -0.05) is 24.3 Å². The molecule has 0 radical (unpaired) electrons. The van der Waals surface area contributed by atoms with Crippen LogP contribution in [-0.2, 0) is 14.3 Å². The number of likely N-dealkylation sites (N-methyl/N-ethyl adjacent to an activating group) is 1. The van der Waals surface area contributed by atoms with E-state index in [1.807, 2.05) is 7.05 Å². The number of allylic oxidation sites excluding steroid dienone is 2. The summed E-state index contributed by atoms with van der Waals surface area (Å²) in [6.07, 6.45) is 4.50. The highest BCUT2D eigenvalue weighted by Crippen LogP contribution is 2.30. The summed E-state index contributed by atoms with van der Waals surface area (Å²) < 4.78 is 27.0. The highest BCUT2D eigenvalue weighted by molar-refractivity contribution is 6.10. The zero-order valence-electron chi connectivity index (χ0n) is 25.2. The van der Waals surface area contributed by atoms with E-state index in [0.29, 0.717) is 62.0 Å². The number of methoxy groups -OCH3 is 2. The first-order valence-corrected chi connectivity index (χ1v) is 14.2. The lowest BCUT2D eigenvalue weighted by Gasteiger charge is -2.31. The Morgan fingerprint density at radius 1 is 0.682 bits per heavy atom. The highest BCUT2D eigenvalue weighted by Gasteiger charge is 2.22. The van der Waals surface area contributed by atoms with Crippen LogP contribution in [0.25, 0.3) is 12.2 Å². The fraction of sp³-hybridized carbons (Fsp3) is 0.375. The molecule has 234 valence electrons. The summed E-state index contributed by atoms with van der Waals surface area (Å²) in [5, 5.41) is 0. The first-order valence-electron chi connectivity index (χ1n) is 14.2. The van der Waals surface area contributed by atoms with Crippen LogP contribution in [0.2, 0.25) is 0 Å². The van der Waals surface area contributed by atoms with E-state index in [-0.39, 0.29) is 29.5 Å². The van der Waals surface area contributed by atoms with Gasteiger partial charge in [-0.25, -0.2) is 9.59 Å². The number of rotatable bonds is 10. The van der Waals surface area contributed by atoms with E-state index in [9.17, 15) is 19.2 Å². The number of benzene rings is 2. The van der Waals surface area contributed by atoms with Gasteiger partial charge in [-0.15, -0.1) is 0 Å². The van der Waals surface area contributed by atoms with Gasteiger partial charge in [0, 0.05) is 39.3 Å². The van der Waals surface area contributed by atoms with E-state index in [4.69, 9.17) is 23.7 Å². The number of nitrogens with zero attached hydrogens (tertiary/aromatic N) is 3. The van der Waals surface area contributed by atoms with E-state index in [1.165, 1.54) is 26.4 Å². The Morgan fingerprint density at radius 2 is 1.14 bits per heavy atom. The van der Waals surface area contributed by atoms with E-state index >= 15 is 0 Å². The fourth-order valence-electron chi connectivity index (χ4n) is 4.46. The van der Waals surface area contributed by atoms with Crippen molar-refractivity contribution in [3.05, 3.63) is 59.7 Å². The van der Waals surface area contributed by atoms with Crippen LogP contribution in [-0.4, -0.2) is 112 Å². The number of hydrogen-bond donors (Lipinski definition) is 0. The Morgan fingerprint density at radius 3 is 1.59 bits per heavy atom. The van der Waals surface area contributed by atoms with E-state index in [0.717, 1.165) is 13.1 Å². The second-order valence-corrected chi connectivity index (χ2v) is 10.2. The van der Waals surface area contributed by atoms with Crippen LogP contribution in [0.4, 0.5) is 9.59 Å². The van der Waals surface area contributed by atoms with Crippen LogP contribution < -0.4 is 18.9 Å². The number of piperazine rings is 1. The van der Waals surface area contributed by atoms with Crippen LogP contribution in [0.5, 0.6) is 23.0 Å². The summed E-state index contributed by atoms with van der Waals surface area (Å²) in [4.78, 5) is 55.2. The van der Waals surface area contributed by atoms with Crippen LogP contribution in [0, 0.1) is 0 Å². The number of amides is 2. The molecule has 0 bridgehead atoms. The molecule has 12 heteroatoms. The van der Waals surface area contributed by atoms with Crippen molar-refractivity contribution in [3.8, 4) is 23.0 Å². The standard InChI is InChI=1S/C32H37N3O9/c1-33-12-14-34(15-13-33)31(38)43-27-10-6-23(20-29(27)40-2)4-8-25(36)22-26(37)9-5-24-7-11-28(30(21-24)41-3)44-32(39)35-16-18-42-19-17-35/h4-11,20-21H,12-19,22H2,1-3H3. The van der Waals surface area contributed by atoms with E-state index in [1.54, 1.807) is 58.4 Å². The van der Waals surface area contributed by atoms with Gasteiger partial charge in [0.2, 0.25) is 0 Å². The minimum Gasteiger partial charge on any atom is -0.493 e. The molecule has 0 spiro atoms. The van der Waals surface area contributed by atoms with Gasteiger partial charge in [0.1, 0.15) is 0 Å². The molecule has 2 amide bonds. The highest BCUT2D eigenvalue weighted by atomic mass is 16.6. The minimum atomic E-state index is -0.490. The molecule has 2 heterocycles. The molecule has 0 aromatic heterocycles. The molecule has 2 aromatic rings. The summed E-state index contributed by atoms with van der Waals surface area (Å²) in [7, 11) is 4.92. The topological polar surface area (TPSA) is 124 Å². The Hall–Kier alpha value is -4.68. The maximum absolute atomic E-state index is 12.5. The first kappa shape index (κ1) is 32.2. The summed E-state index contributed by atoms with van der Waals surface area (Å²) in [5.74, 6) is 0.442. The Labute approximate surface area is 256 Å². The van der Waals surface area contributed by atoms with Gasteiger partial charge in [-0.3, -0.25) is 9.59 Å². The van der Waals surface area contributed by atoms with Crippen LogP contribution >= 0.6 is 0 Å². The normalized spacial score (nSPS) is 15.8. The lowest BCUT2D eigenvalue weighted by Crippen LogP contribution is -2.48. The summed E-state index contributed by atoms with van der Waals surface area (Å²) in [6, 6.07) is 9.84. The van der Waals surface area contributed by atoms with Crippen molar-refractivity contribution in [2.45, 2.75) is 6.42 Å². The van der Waals surface area contributed by atoms with Crippen molar-refractivity contribution in [2.24, 2.45) is 0 Å². The SMILES string of the molecule is COc1cc(C=CC(=O)CC(=O)C=Cc2ccc(OC(=O)N3CCN(C)CC3)c(OC)c2)ccc1OC(=O)N1CCOCC1. The smallest absolute Gasteiger partial charge is 0.415 e. The summed E-state index contributed by atoms with van der Waals surface area (Å²) in [5.41, 5.74) is 1.27. The number of carbonyl (C=O) groups excluding carboxylic acids is 4. The third-order valence-corrected chi connectivity index (χ3v) is 7.07. The molecule has 2 saturated heterocycles. The Balaban J connectivity index is 1.29. The second-order valence-electron chi connectivity index (χ2n) is 10.2. The maximum atomic E-state index is 12.5. The molecule has 2 fully saturated rings. The quantitative estimate of drug-likeness (QED) is 0.293. The lowest BCUT2D eigenvalue weighted by atomic mass is 10.1. The number of morpholine rings is 1. The monoisotopic (exact) mass is 607 g/mol. The first-order chi connectivity index (χ1) is 21.2. The van der Waals surface area contributed by atoms with Gasteiger partial charge in [0.15, 0.2) is 34.6 Å². The van der Waals surface area contributed by atoms with E-state index in [2.05, 4.69) is 4.90 Å². The summed E-state index contributed by atoms with van der Waals surface area (Å²) in [6.45, 7) is 4.54. The molecule has 0 N–H and O–H groups in total. The minimum absolute atomic E-state index is 0.255. The van der Waals surface area contributed by atoms with Crippen molar-refractivity contribution in [1.29, 1.82) is 0 Å². The molecule has 2 aliphatic heterocycles. The Kier molecular flexibility index (Phi) is 11.5. The van der Waals surface area contributed by atoms with Crippen molar-refractivity contribution >= 4 is 35.9 Å². The molecule has 2 aliphatic rings. The van der Waals surface area contributed by atoms with Crippen molar-refractivity contribution in [1.82, 2.24) is 14.7 Å². The number of carbonyl (C=O) groups is 4. The predicted octanol–water partition coefficient (Wildman–Crippen LogP) is 3.54. The number of ether oxygens (including phenoxy) is 5. The molecular weight excluding hydrogens is 570 g/mol. The molecule has 0 atom stereocenters. The van der Waals surface area contributed by atoms with Crippen LogP contribution in [0.1, 0.15) is 17.5 Å². The van der Waals surface area contributed by atoms with Crippen LogP contribution in [0.15, 0.2) is 48.6 Å². The average molecular weight is 608 g/mol. The molecule has 0 saturated carbocycles. The second kappa shape index (κ2) is 15.7. The Bertz CT molecular complexity index is 1410. The van der Waals surface area contributed by atoms with Crippen molar-refractivity contribution < 1.29 is 42.9 Å². The number of ketones is 2. The molecule has 44 heavy (non-hydrogen) atoms. The van der Waals surface area contributed by atoms with Gasteiger partial charge in [-0.05, 0) is 54.6 Å². The summed E-state index contributed by atoms with van der Waals surface area (Å²) >= 11 is 0. The molecule has 2 aromatic carbocycles. The maximum Gasteiger partial charge on any atom is 0.415 e. The van der Waals surface area contributed by atoms with Crippen molar-refractivity contribution in [3.63, 3.8) is 0 Å². The van der Waals surface area contributed by atoms with Gasteiger partial charge >= 0.3 is 12.2 Å². The fourth-order valence-corrected chi connectivity index (χ4v) is 4.46. The largest absolute Gasteiger partial charge is 0.493 e. The molecular formula is C32H37N3O9. The molecule has 0 aliphatic carbocycles. The third kappa shape index (κ3) is 9.16. The van der Waals surface area contributed by atoms with Gasteiger partial charge < -0.3 is 38.4 Å². The number of hydrogen-bond acceptors (Lipinski definition) is 10. The van der Waals surface area contributed by atoms with Gasteiger partial charge in [0.05, 0.1) is 33.9 Å². The zero-order valence-corrected chi connectivity index (χ0v) is 25.2. The van der Waals surface area contributed by atoms with E-state index < -0.39 is 12.2 Å². The van der Waals surface area contributed by atoms with Gasteiger partial charge in [0.25, 0.3) is 0 Å². The predicted molar refractivity (Wildman–Crippen MR) is 162 cm³/mol. The lowest BCUT2D eigenvalue weighted by molar-refractivity contribution is -0.121.